The zero-order valence-electron chi connectivity index (χ0n) is 12.5. The van der Waals surface area contributed by atoms with Crippen molar-refractivity contribution in [3.63, 3.8) is 0 Å². The number of nitrogens with zero attached hydrogens (tertiary/aromatic N) is 2. The Morgan fingerprint density at radius 3 is 2.71 bits per heavy atom. The SMILES string of the molecule is C=CCNc1c(C(=O)OC(C)(C)C)nnc2ccccc12. The van der Waals surface area contributed by atoms with Crippen molar-refractivity contribution in [2.75, 3.05) is 11.9 Å². The van der Waals surface area contributed by atoms with Gasteiger partial charge in [0.1, 0.15) is 5.60 Å². The molecule has 0 aliphatic carbocycles. The second-order valence-corrected chi connectivity index (χ2v) is 5.61. The summed E-state index contributed by atoms with van der Waals surface area (Å²) in [6.07, 6.45) is 1.72. The van der Waals surface area contributed by atoms with Crippen LogP contribution in [-0.2, 0) is 4.74 Å². The molecule has 0 saturated carbocycles. The molecular weight excluding hydrogens is 266 g/mol. The molecule has 21 heavy (non-hydrogen) atoms. The Morgan fingerprint density at radius 2 is 2.05 bits per heavy atom. The Bertz CT molecular complexity index is 675. The van der Waals surface area contributed by atoms with E-state index in [4.69, 9.17) is 4.74 Å². The molecular formula is C16H19N3O2. The van der Waals surface area contributed by atoms with E-state index in [0.717, 1.165) is 10.9 Å². The number of carbonyl (C=O) groups is 1. The van der Waals surface area contributed by atoms with Gasteiger partial charge in [0.2, 0.25) is 0 Å². The van der Waals surface area contributed by atoms with Crippen LogP contribution in [0, 0.1) is 0 Å². The molecule has 0 aliphatic rings. The van der Waals surface area contributed by atoms with Crippen LogP contribution < -0.4 is 5.32 Å². The summed E-state index contributed by atoms with van der Waals surface area (Å²) < 4.78 is 5.39. The number of ether oxygens (including phenoxy) is 1. The molecule has 1 aromatic heterocycles. The number of anilines is 1. The molecule has 0 radical (unpaired) electrons. The molecule has 2 rings (SSSR count). The number of rotatable bonds is 4. The lowest BCUT2D eigenvalue weighted by molar-refractivity contribution is 0.00631. The Balaban J connectivity index is 2.51. The summed E-state index contributed by atoms with van der Waals surface area (Å²) in [7, 11) is 0. The van der Waals surface area contributed by atoms with Gasteiger partial charge in [0.15, 0.2) is 5.69 Å². The maximum atomic E-state index is 12.3. The second kappa shape index (κ2) is 5.91. The number of nitrogens with one attached hydrogen (secondary N) is 1. The van der Waals surface area contributed by atoms with Crippen molar-refractivity contribution in [3.05, 3.63) is 42.6 Å². The first-order valence-corrected chi connectivity index (χ1v) is 6.76. The Kier molecular flexibility index (Phi) is 4.21. The summed E-state index contributed by atoms with van der Waals surface area (Å²) in [6.45, 7) is 9.64. The molecule has 1 aromatic carbocycles. The molecule has 0 fully saturated rings. The third kappa shape index (κ3) is 3.56. The molecule has 5 heteroatoms. The summed E-state index contributed by atoms with van der Waals surface area (Å²) >= 11 is 0. The number of carbonyl (C=O) groups excluding carboxylic acids is 1. The molecule has 1 N–H and O–H groups in total. The molecule has 0 saturated heterocycles. The van der Waals surface area contributed by atoms with Gasteiger partial charge in [0.05, 0.1) is 11.2 Å². The highest BCUT2D eigenvalue weighted by Gasteiger charge is 2.23. The number of esters is 1. The lowest BCUT2D eigenvalue weighted by atomic mass is 10.1. The minimum absolute atomic E-state index is 0.186. The van der Waals surface area contributed by atoms with E-state index in [0.29, 0.717) is 12.2 Å². The molecule has 0 atom stereocenters. The normalized spacial score (nSPS) is 11.2. The minimum Gasteiger partial charge on any atom is -0.455 e. The van der Waals surface area contributed by atoms with Gasteiger partial charge in [-0.1, -0.05) is 24.3 Å². The first-order valence-electron chi connectivity index (χ1n) is 6.76. The molecule has 0 amide bonds. The lowest BCUT2D eigenvalue weighted by Crippen LogP contribution is -2.25. The van der Waals surface area contributed by atoms with Crippen LogP contribution in [0.1, 0.15) is 31.3 Å². The Labute approximate surface area is 124 Å². The minimum atomic E-state index is -0.583. The highest BCUT2D eigenvalue weighted by atomic mass is 16.6. The van der Waals surface area contributed by atoms with Crippen molar-refractivity contribution in [3.8, 4) is 0 Å². The van der Waals surface area contributed by atoms with E-state index in [2.05, 4.69) is 22.1 Å². The topological polar surface area (TPSA) is 64.1 Å². The van der Waals surface area contributed by atoms with Crippen molar-refractivity contribution >= 4 is 22.6 Å². The van der Waals surface area contributed by atoms with Crippen molar-refractivity contribution in [2.24, 2.45) is 0 Å². The van der Waals surface area contributed by atoms with Gasteiger partial charge < -0.3 is 10.1 Å². The third-order valence-corrected chi connectivity index (χ3v) is 2.68. The van der Waals surface area contributed by atoms with Gasteiger partial charge in [-0.2, -0.15) is 0 Å². The smallest absolute Gasteiger partial charge is 0.361 e. The zero-order valence-corrected chi connectivity index (χ0v) is 12.5. The van der Waals surface area contributed by atoms with Crippen LogP contribution in [0.5, 0.6) is 0 Å². The quantitative estimate of drug-likeness (QED) is 0.690. The van der Waals surface area contributed by atoms with Crippen molar-refractivity contribution in [2.45, 2.75) is 26.4 Å². The van der Waals surface area contributed by atoms with Crippen LogP contribution in [0.2, 0.25) is 0 Å². The first-order chi connectivity index (χ1) is 9.92. The molecule has 0 bridgehead atoms. The zero-order chi connectivity index (χ0) is 15.5. The van der Waals surface area contributed by atoms with Crippen molar-refractivity contribution in [1.82, 2.24) is 10.2 Å². The number of hydrogen-bond acceptors (Lipinski definition) is 5. The molecule has 0 unspecified atom stereocenters. The van der Waals surface area contributed by atoms with Gasteiger partial charge in [0.25, 0.3) is 0 Å². The number of fused-ring (bicyclic) bond motifs is 1. The fourth-order valence-corrected chi connectivity index (χ4v) is 1.88. The highest BCUT2D eigenvalue weighted by molar-refractivity contribution is 6.03. The number of aromatic nitrogens is 2. The predicted octanol–water partition coefficient (Wildman–Crippen LogP) is 3.18. The van der Waals surface area contributed by atoms with E-state index in [1.54, 1.807) is 6.08 Å². The van der Waals surface area contributed by atoms with Gasteiger partial charge >= 0.3 is 5.97 Å². The third-order valence-electron chi connectivity index (χ3n) is 2.68. The van der Waals surface area contributed by atoms with Crippen molar-refractivity contribution < 1.29 is 9.53 Å². The highest BCUT2D eigenvalue weighted by Crippen LogP contribution is 2.25. The first kappa shape index (κ1) is 15.0. The van der Waals surface area contributed by atoms with Crippen LogP contribution in [0.4, 0.5) is 5.69 Å². The summed E-state index contributed by atoms with van der Waals surface area (Å²) in [4.78, 5) is 12.3. The lowest BCUT2D eigenvalue weighted by Gasteiger charge is -2.20. The average Bonchev–Trinajstić information content (AvgIpc) is 2.42. The van der Waals surface area contributed by atoms with Gasteiger partial charge in [-0.3, -0.25) is 0 Å². The second-order valence-electron chi connectivity index (χ2n) is 5.61. The summed E-state index contributed by atoms with van der Waals surface area (Å²) in [5.41, 5.74) is 0.941. The standard InChI is InChI=1S/C16H19N3O2/c1-5-10-17-13-11-8-6-7-9-12(11)18-19-14(13)15(20)21-16(2,3)4/h5-9H,1,10H2,2-4H3,(H,17,18). The van der Waals surface area contributed by atoms with E-state index in [9.17, 15) is 4.79 Å². The van der Waals surface area contributed by atoms with Crippen LogP contribution in [0.3, 0.4) is 0 Å². The predicted molar refractivity (Wildman–Crippen MR) is 83.4 cm³/mol. The van der Waals surface area contributed by atoms with Crippen LogP contribution in [-0.4, -0.2) is 28.3 Å². The van der Waals surface area contributed by atoms with Gasteiger partial charge in [-0.15, -0.1) is 16.8 Å². The van der Waals surface area contributed by atoms with E-state index in [1.807, 2.05) is 45.0 Å². The molecule has 0 aliphatic heterocycles. The number of hydrogen-bond donors (Lipinski definition) is 1. The Morgan fingerprint density at radius 1 is 1.33 bits per heavy atom. The Hall–Kier alpha value is -2.43. The molecule has 1 heterocycles. The van der Waals surface area contributed by atoms with Gasteiger partial charge in [0, 0.05) is 11.9 Å². The fraction of sp³-hybridized carbons (Fsp3) is 0.312. The largest absolute Gasteiger partial charge is 0.455 e. The summed E-state index contributed by atoms with van der Waals surface area (Å²) in [6, 6.07) is 7.51. The maximum Gasteiger partial charge on any atom is 0.361 e. The molecule has 0 spiro atoms. The molecule has 110 valence electrons. The monoisotopic (exact) mass is 285 g/mol. The molecule has 2 aromatic rings. The maximum absolute atomic E-state index is 12.3. The van der Waals surface area contributed by atoms with E-state index >= 15 is 0 Å². The summed E-state index contributed by atoms with van der Waals surface area (Å²) in [5.74, 6) is -0.493. The van der Waals surface area contributed by atoms with Crippen LogP contribution >= 0.6 is 0 Å². The summed E-state index contributed by atoms with van der Waals surface area (Å²) in [5, 5.41) is 12.1. The molecule has 5 nitrogen and oxygen atoms in total. The van der Waals surface area contributed by atoms with Gasteiger partial charge in [-0.05, 0) is 26.8 Å². The van der Waals surface area contributed by atoms with Crippen molar-refractivity contribution in [1.29, 1.82) is 0 Å². The van der Waals surface area contributed by atoms with E-state index in [-0.39, 0.29) is 5.69 Å². The number of benzene rings is 1. The van der Waals surface area contributed by atoms with E-state index < -0.39 is 11.6 Å². The van der Waals surface area contributed by atoms with Gasteiger partial charge in [-0.25, -0.2) is 4.79 Å². The van der Waals surface area contributed by atoms with Crippen LogP contribution in [0.15, 0.2) is 36.9 Å². The average molecular weight is 285 g/mol. The van der Waals surface area contributed by atoms with E-state index in [1.165, 1.54) is 0 Å². The fourth-order valence-electron chi connectivity index (χ4n) is 1.88. The van der Waals surface area contributed by atoms with Crippen LogP contribution in [0.25, 0.3) is 10.9 Å².